The number of aromatic nitrogens is 4. The van der Waals surface area contributed by atoms with Crippen molar-refractivity contribution in [3.8, 4) is 0 Å². The number of rotatable bonds is 4. The van der Waals surface area contributed by atoms with Crippen LogP contribution in [0.2, 0.25) is 10.0 Å². The van der Waals surface area contributed by atoms with Crippen LogP contribution in [0.15, 0.2) is 22.5 Å². The first-order valence-electron chi connectivity index (χ1n) is 7.23. The van der Waals surface area contributed by atoms with Gasteiger partial charge in [0.15, 0.2) is 10.2 Å². The van der Waals surface area contributed by atoms with E-state index in [1.807, 2.05) is 22.7 Å². The number of nitrogens with zero attached hydrogens (tertiary/aromatic N) is 4. The number of hydrogen-bond acceptors (Lipinski definition) is 6. The van der Waals surface area contributed by atoms with Crippen molar-refractivity contribution < 1.29 is 0 Å². The van der Waals surface area contributed by atoms with E-state index in [0.717, 1.165) is 40.1 Å². The van der Waals surface area contributed by atoms with Crippen molar-refractivity contribution in [2.24, 2.45) is 0 Å². The van der Waals surface area contributed by atoms with Gasteiger partial charge in [-0.2, -0.15) is 4.52 Å². The van der Waals surface area contributed by atoms with Crippen LogP contribution >= 0.6 is 46.3 Å². The van der Waals surface area contributed by atoms with Gasteiger partial charge in [0, 0.05) is 15.8 Å². The van der Waals surface area contributed by atoms with E-state index in [9.17, 15) is 0 Å². The molecular weight excluding hydrogens is 373 g/mol. The summed E-state index contributed by atoms with van der Waals surface area (Å²) in [4.78, 5) is 0.821. The van der Waals surface area contributed by atoms with Gasteiger partial charge >= 0.3 is 0 Å². The summed E-state index contributed by atoms with van der Waals surface area (Å²) in [6, 6.07) is 5.81. The smallest absolute Gasteiger partial charge is 0.235 e. The van der Waals surface area contributed by atoms with Gasteiger partial charge in [-0.1, -0.05) is 52.4 Å². The van der Waals surface area contributed by atoms with Crippen LogP contribution in [0.3, 0.4) is 0 Å². The monoisotopic (exact) mass is 385 g/mol. The van der Waals surface area contributed by atoms with Gasteiger partial charge in [-0.25, -0.2) is 0 Å². The molecule has 5 nitrogen and oxygen atoms in total. The van der Waals surface area contributed by atoms with Crippen LogP contribution in [0.4, 0.5) is 0 Å². The standard InChI is InChI=1S/C14H13Cl2N5S2/c15-9-3-1-4-10(16)8(9)7-22-14-20-21-12(11-5-2-6-17-11)18-19-13(21)23-14/h1,3-4,11,17H,2,5-7H2. The third-order valence-corrected chi connectivity index (χ3v) is 6.54. The molecule has 1 aliphatic heterocycles. The summed E-state index contributed by atoms with van der Waals surface area (Å²) in [5.41, 5.74) is 0.935. The highest BCUT2D eigenvalue weighted by molar-refractivity contribution is 8.00. The van der Waals surface area contributed by atoms with Crippen LogP contribution in [-0.2, 0) is 5.75 Å². The largest absolute Gasteiger partial charge is 0.307 e. The first-order chi connectivity index (χ1) is 11.2. The Morgan fingerprint density at radius 1 is 1.30 bits per heavy atom. The van der Waals surface area contributed by atoms with Crippen LogP contribution in [0.5, 0.6) is 0 Å². The Balaban J connectivity index is 1.56. The maximum atomic E-state index is 6.21. The third-order valence-electron chi connectivity index (χ3n) is 3.77. The molecule has 4 rings (SSSR count). The van der Waals surface area contributed by atoms with Crippen molar-refractivity contribution in [3.63, 3.8) is 0 Å². The van der Waals surface area contributed by atoms with Crippen LogP contribution in [0.25, 0.3) is 4.96 Å². The summed E-state index contributed by atoms with van der Waals surface area (Å²) in [5.74, 6) is 1.58. The lowest BCUT2D eigenvalue weighted by atomic mass is 10.2. The second-order valence-electron chi connectivity index (χ2n) is 5.26. The average molecular weight is 386 g/mol. The minimum atomic E-state index is 0.253. The van der Waals surface area contributed by atoms with E-state index in [1.165, 1.54) is 11.3 Å². The maximum Gasteiger partial charge on any atom is 0.235 e. The Hall–Kier alpha value is -0.860. The number of halogens is 2. The molecule has 23 heavy (non-hydrogen) atoms. The van der Waals surface area contributed by atoms with Crippen LogP contribution in [0, 0.1) is 0 Å². The predicted molar refractivity (Wildman–Crippen MR) is 94.7 cm³/mol. The summed E-state index contributed by atoms with van der Waals surface area (Å²) < 4.78 is 2.79. The molecule has 120 valence electrons. The van der Waals surface area contributed by atoms with Crippen LogP contribution in [-0.4, -0.2) is 26.4 Å². The summed E-state index contributed by atoms with van der Waals surface area (Å²) in [7, 11) is 0. The SMILES string of the molecule is Clc1cccc(Cl)c1CSc1nn2c(C3CCCN3)nnc2s1. The topological polar surface area (TPSA) is 55.1 Å². The first kappa shape index (κ1) is 15.7. The molecule has 1 unspecified atom stereocenters. The summed E-state index contributed by atoms with van der Waals surface area (Å²) in [5, 5.41) is 17.9. The summed E-state index contributed by atoms with van der Waals surface area (Å²) >= 11 is 15.6. The summed E-state index contributed by atoms with van der Waals surface area (Å²) in [6.07, 6.45) is 2.24. The Labute approximate surface area is 151 Å². The average Bonchev–Trinajstić information content (AvgIpc) is 3.22. The Morgan fingerprint density at radius 3 is 2.87 bits per heavy atom. The molecule has 3 heterocycles. The fraction of sp³-hybridized carbons (Fsp3) is 0.357. The highest BCUT2D eigenvalue weighted by atomic mass is 35.5. The molecule has 1 N–H and O–H groups in total. The zero-order valence-corrected chi connectivity index (χ0v) is 15.1. The molecule has 2 aromatic heterocycles. The summed E-state index contributed by atoms with van der Waals surface area (Å²) in [6.45, 7) is 1.02. The number of fused-ring (bicyclic) bond motifs is 1. The second-order valence-corrected chi connectivity index (χ2v) is 8.25. The molecule has 3 aromatic rings. The Bertz CT molecular complexity index is 821. The van der Waals surface area contributed by atoms with Gasteiger partial charge in [0.05, 0.1) is 6.04 Å². The number of nitrogens with one attached hydrogen (secondary N) is 1. The lowest BCUT2D eigenvalue weighted by Gasteiger charge is -2.05. The van der Waals surface area contributed by atoms with Crippen molar-refractivity contribution in [1.82, 2.24) is 25.1 Å². The van der Waals surface area contributed by atoms with E-state index in [1.54, 1.807) is 11.8 Å². The molecule has 1 aromatic carbocycles. The van der Waals surface area contributed by atoms with Crippen LogP contribution in [0.1, 0.15) is 30.3 Å². The zero-order valence-electron chi connectivity index (χ0n) is 12.0. The van der Waals surface area contributed by atoms with Crippen molar-refractivity contribution in [1.29, 1.82) is 0 Å². The molecule has 0 spiro atoms. The van der Waals surface area contributed by atoms with E-state index in [0.29, 0.717) is 15.8 Å². The minimum absolute atomic E-state index is 0.253. The van der Waals surface area contributed by atoms with Gasteiger partial charge in [0.1, 0.15) is 0 Å². The Morgan fingerprint density at radius 2 is 2.13 bits per heavy atom. The van der Waals surface area contributed by atoms with Crippen LogP contribution < -0.4 is 5.32 Å². The van der Waals surface area contributed by atoms with Gasteiger partial charge in [0.25, 0.3) is 0 Å². The molecule has 9 heteroatoms. The fourth-order valence-corrected chi connectivity index (χ4v) is 5.22. The second kappa shape index (κ2) is 6.57. The highest BCUT2D eigenvalue weighted by Crippen LogP contribution is 2.34. The lowest BCUT2D eigenvalue weighted by Crippen LogP contribution is -2.16. The van der Waals surface area contributed by atoms with E-state index in [2.05, 4.69) is 20.6 Å². The van der Waals surface area contributed by atoms with Crippen molar-refractivity contribution >= 4 is 51.3 Å². The highest BCUT2D eigenvalue weighted by Gasteiger charge is 2.23. The Kier molecular flexibility index (Phi) is 4.47. The molecule has 1 fully saturated rings. The molecular formula is C14H13Cl2N5S2. The molecule has 0 amide bonds. The van der Waals surface area contributed by atoms with Gasteiger partial charge in [0.2, 0.25) is 4.96 Å². The van der Waals surface area contributed by atoms with E-state index in [4.69, 9.17) is 23.2 Å². The van der Waals surface area contributed by atoms with Crippen molar-refractivity contribution in [2.75, 3.05) is 6.54 Å². The van der Waals surface area contributed by atoms with Gasteiger partial charge in [-0.15, -0.1) is 15.3 Å². The molecule has 0 radical (unpaired) electrons. The molecule has 0 bridgehead atoms. The molecule has 1 aliphatic rings. The minimum Gasteiger partial charge on any atom is -0.307 e. The first-order valence-corrected chi connectivity index (χ1v) is 9.79. The third kappa shape index (κ3) is 3.08. The van der Waals surface area contributed by atoms with E-state index >= 15 is 0 Å². The predicted octanol–water partition coefficient (Wildman–Crippen LogP) is 4.21. The molecule has 0 saturated carbocycles. The normalized spacial score (nSPS) is 18.1. The van der Waals surface area contributed by atoms with Gasteiger partial charge in [-0.3, -0.25) is 0 Å². The van der Waals surface area contributed by atoms with Crippen molar-refractivity contribution in [3.05, 3.63) is 39.6 Å². The fourth-order valence-electron chi connectivity index (χ4n) is 2.60. The number of thioether (sulfide) groups is 1. The quantitative estimate of drug-likeness (QED) is 0.681. The van der Waals surface area contributed by atoms with E-state index in [-0.39, 0.29) is 6.04 Å². The maximum absolute atomic E-state index is 6.21. The van der Waals surface area contributed by atoms with Crippen molar-refractivity contribution in [2.45, 2.75) is 29.0 Å². The number of benzene rings is 1. The molecule has 1 saturated heterocycles. The molecule has 0 aliphatic carbocycles. The molecule has 1 atom stereocenters. The zero-order chi connectivity index (χ0) is 15.8. The van der Waals surface area contributed by atoms with E-state index < -0.39 is 0 Å². The lowest BCUT2D eigenvalue weighted by molar-refractivity contribution is 0.582. The van der Waals surface area contributed by atoms with Gasteiger partial charge in [-0.05, 0) is 37.1 Å². The number of hydrogen-bond donors (Lipinski definition) is 1. The van der Waals surface area contributed by atoms with Gasteiger partial charge < -0.3 is 5.32 Å².